The van der Waals surface area contributed by atoms with Crippen LogP contribution >= 0.6 is 0 Å². The molecule has 1 aliphatic carbocycles. The standard InChI is InChI=1S/C27H48N2O5/c1-26(2,3)11-13-33-15-16-34-14-12-28-23(30)17-20-7-9-21(10-8-20)19-29-24(31)18-22(25(29)32)27(4,5)6/h20-22H,7-19H2,1-6H3,(H,28,30). The summed E-state index contributed by atoms with van der Waals surface area (Å²) in [5, 5.41) is 2.95. The van der Waals surface area contributed by atoms with Gasteiger partial charge in [-0.1, -0.05) is 41.5 Å². The van der Waals surface area contributed by atoms with Crippen LogP contribution in [0.15, 0.2) is 0 Å². The summed E-state index contributed by atoms with van der Waals surface area (Å²) in [6.07, 6.45) is 5.78. The topological polar surface area (TPSA) is 84.9 Å². The third kappa shape index (κ3) is 10.0. The maximum atomic E-state index is 12.7. The number of hydrogen-bond acceptors (Lipinski definition) is 5. The number of ether oxygens (including phenoxy) is 2. The minimum atomic E-state index is -0.204. The smallest absolute Gasteiger partial charge is 0.233 e. The summed E-state index contributed by atoms with van der Waals surface area (Å²) < 4.78 is 11.1. The van der Waals surface area contributed by atoms with E-state index in [2.05, 4.69) is 26.1 Å². The van der Waals surface area contributed by atoms with Gasteiger partial charge < -0.3 is 14.8 Å². The summed E-state index contributed by atoms with van der Waals surface area (Å²) in [5.74, 6) is 0.574. The van der Waals surface area contributed by atoms with Gasteiger partial charge in [-0.3, -0.25) is 19.3 Å². The predicted molar refractivity (Wildman–Crippen MR) is 133 cm³/mol. The predicted octanol–water partition coefficient (Wildman–Crippen LogP) is 4.19. The van der Waals surface area contributed by atoms with Crippen LogP contribution in [0.25, 0.3) is 0 Å². The molecule has 1 aliphatic heterocycles. The molecule has 196 valence electrons. The van der Waals surface area contributed by atoms with Crippen LogP contribution in [0.5, 0.6) is 0 Å². The molecule has 1 unspecified atom stereocenters. The van der Waals surface area contributed by atoms with Crippen molar-refractivity contribution >= 4 is 17.7 Å². The summed E-state index contributed by atoms with van der Waals surface area (Å²) >= 11 is 0. The third-order valence-corrected chi connectivity index (χ3v) is 7.11. The lowest BCUT2D eigenvalue weighted by atomic mass is 9.79. The number of hydrogen-bond donors (Lipinski definition) is 1. The van der Waals surface area contributed by atoms with Gasteiger partial charge in [0.05, 0.1) is 25.7 Å². The van der Waals surface area contributed by atoms with Gasteiger partial charge in [0.25, 0.3) is 0 Å². The van der Waals surface area contributed by atoms with Crippen LogP contribution in [0.3, 0.4) is 0 Å². The van der Waals surface area contributed by atoms with Crippen molar-refractivity contribution in [1.29, 1.82) is 0 Å². The minimum absolute atomic E-state index is 0.00214. The first kappa shape index (κ1) is 28.8. The molecule has 1 heterocycles. The Kier molecular flexibility index (Phi) is 11.0. The lowest BCUT2D eigenvalue weighted by molar-refractivity contribution is -0.141. The Morgan fingerprint density at radius 3 is 2.06 bits per heavy atom. The Morgan fingerprint density at radius 2 is 1.50 bits per heavy atom. The van der Waals surface area contributed by atoms with Gasteiger partial charge in [0.1, 0.15) is 0 Å². The lowest BCUT2D eigenvalue weighted by Crippen LogP contribution is -2.38. The second kappa shape index (κ2) is 13.0. The number of likely N-dealkylation sites (tertiary alicyclic amines) is 1. The highest BCUT2D eigenvalue weighted by Crippen LogP contribution is 2.37. The van der Waals surface area contributed by atoms with Crippen LogP contribution in [-0.2, 0) is 23.9 Å². The highest BCUT2D eigenvalue weighted by molar-refractivity contribution is 6.03. The van der Waals surface area contributed by atoms with Gasteiger partial charge in [0.2, 0.25) is 17.7 Å². The molecule has 1 N–H and O–H groups in total. The van der Waals surface area contributed by atoms with Crippen LogP contribution in [0, 0.1) is 28.6 Å². The molecule has 7 heteroatoms. The van der Waals surface area contributed by atoms with E-state index in [0.29, 0.717) is 57.6 Å². The number of carbonyl (C=O) groups is 3. The molecule has 34 heavy (non-hydrogen) atoms. The van der Waals surface area contributed by atoms with Gasteiger partial charge in [-0.05, 0) is 54.8 Å². The van der Waals surface area contributed by atoms with E-state index in [1.165, 1.54) is 4.90 Å². The minimum Gasteiger partial charge on any atom is -0.379 e. The molecule has 7 nitrogen and oxygen atoms in total. The van der Waals surface area contributed by atoms with Crippen LogP contribution < -0.4 is 5.32 Å². The monoisotopic (exact) mass is 480 g/mol. The van der Waals surface area contributed by atoms with Crippen molar-refractivity contribution in [3.63, 3.8) is 0 Å². The average molecular weight is 481 g/mol. The van der Waals surface area contributed by atoms with Gasteiger partial charge >= 0.3 is 0 Å². The van der Waals surface area contributed by atoms with Crippen molar-refractivity contribution in [3.05, 3.63) is 0 Å². The highest BCUT2D eigenvalue weighted by atomic mass is 16.5. The highest BCUT2D eigenvalue weighted by Gasteiger charge is 2.45. The van der Waals surface area contributed by atoms with Crippen LogP contribution in [-0.4, -0.2) is 62.1 Å². The van der Waals surface area contributed by atoms with E-state index >= 15 is 0 Å². The lowest BCUT2D eigenvalue weighted by Gasteiger charge is -2.31. The molecule has 1 atom stereocenters. The largest absolute Gasteiger partial charge is 0.379 e. The molecular weight excluding hydrogens is 432 g/mol. The fourth-order valence-electron chi connectivity index (χ4n) is 4.73. The molecule has 0 aromatic heterocycles. The Labute approximate surface area is 206 Å². The zero-order valence-corrected chi connectivity index (χ0v) is 22.4. The molecule has 2 rings (SSSR count). The van der Waals surface area contributed by atoms with Crippen molar-refractivity contribution in [2.24, 2.45) is 28.6 Å². The number of carbonyl (C=O) groups excluding carboxylic acids is 3. The van der Waals surface area contributed by atoms with Gasteiger partial charge in [-0.15, -0.1) is 0 Å². The Hall–Kier alpha value is -1.47. The average Bonchev–Trinajstić information content (AvgIpc) is 3.01. The van der Waals surface area contributed by atoms with Gasteiger partial charge in [-0.25, -0.2) is 0 Å². The number of nitrogens with zero attached hydrogens (tertiary/aromatic N) is 1. The van der Waals surface area contributed by atoms with Crippen molar-refractivity contribution in [2.75, 3.05) is 39.5 Å². The van der Waals surface area contributed by atoms with Crippen molar-refractivity contribution in [3.8, 4) is 0 Å². The molecule has 3 amide bonds. The summed E-state index contributed by atoms with van der Waals surface area (Å²) in [6.45, 7) is 16.1. The number of amides is 3. The Balaban J connectivity index is 1.54. The normalized spacial score (nSPS) is 24.1. The maximum Gasteiger partial charge on any atom is 0.233 e. The van der Waals surface area contributed by atoms with E-state index in [4.69, 9.17) is 9.47 Å². The molecular formula is C27H48N2O5. The van der Waals surface area contributed by atoms with E-state index in [0.717, 1.165) is 38.7 Å². The second-order valence-corrected chi connectivity index (χ2v) is 12.4. The quantitative estimate of drug-likeness (QED) is 0.334. The van der Waals surface area contributed by atoms with Crippen molar-refractivity contribution in [2.45, 2.75) is 86.5 Å². The van der Waals surface area contributed by atoms with Crippen molar-refractivity contribution < 1.29 is 23.9 Å². The fraction of sp³-hybridized carbons (Fsp3) is 0.889. The van der Waals surface area contributed by atoms with Crippen LogP contribution in [0.4, 0.5) is 0 Å². The molecule has 2 fully saturated rings. The zero-order valence-electron chi connectivity index (χ0n) is 22.4. The first-order chi connectivity index (χ1) is 15.9. The van der Waals surface area contributed by atoms with Crippen LogP contribution in [0.2, 0.25) is 0 Å². The van der Waals surface area contributed by atoms with E-state index in [-0.39, 0.29) is 34.5 Å². The first-order valence-electron chi connectivity index (χ1n) is 13.1. The molecule has 1 saturated heterocycles. The van der Waals surface area contributed by atoms with E-state index < -0.39 is 0 Å². The number of nitrogens with one attached hydrogen (secondary N) is 1. The van der Waals surface area contributed by atoms with Gasteiger partial charge in [-0.2, -0.15) is 0 Å². The van der Waals surface area contributed by atoms with Crippen molar-refractivity contribution in [1.82, 2.24) is 10.2 Å². The van der Waals surface area contributed by atoms with Gasteiger partial charge in [0, 0.05) is 32.5 Å². The molecule has 0 aromatic carbocycles. The van der Waals surface area contributed by atoms with E-state index in [1.807, 2.05) is 20.8 Å². The molecule has 0 bridgehead atoms. The maximum absolute atomic E-state index is 12.7. The number of imide groups is 1. The second-order valence-electron chi connectivity index (χ2n) is 12.4. The Bertz CT molecular complexity index is 671. The number of rotatable bonds is 12. The zero-order chi connectivity index (χ0) is 25.4. The summed E-state index contributed by atoms with van der Waals surface area (Å²) in [7, 11) is 0. The Morgan fingerprint density at radius 1 is 0.912 bits per heavy atom. The molecule has 0 spiro atoms. The fourth-order valence-corrected chi connectivity index (χ4v) is 4.73. The summed E-state index contributed by atoms with van der Waals surface area (Å²) in [5.41, 5.74) is 0.101. The van der Waals surface area contributed by atoms with E-state index in [9.17, 15) is 14.4 Å². The third-order valence-electron chi connectivity index (χ3n) is 7.11. The first-order valence-corrected chi connectivity index (χ1v) is 13.1. The summed E-state index contributed by atoms with van der Waals surface area (Å²) in [4.78, 5) is 38.9. The van der Waals surface area contributed by atoms with Crippen LogP contribution in [0.1, 0.15) is 86.5 Å². The SMILES string of the molecule is CC(C)(C)CCOCCOCCNC(=O)CC1CCC(CN2C(=O)CC(C(C)(C)C)C2=O)CC1. The molecule has 2 aliphatic rings. The van der Waals surface area contributed by atoms with E-state index in [1.54, 1.807) is 0 Å². The molecule has 1 saturated carbocycles. The summed E-state index contributed by atoms with van der Waals surface area (Å²) in [6, 6.07) is 0. The molecule has 0 radical (unpaired) electrons. The molecule has 0 aromatic rings. The van der Waals surface area contributed by atoms with Gasteiger partial charge in [0.15, 0.2) is 0 Å².